The van der Waals surface area contributed by atoms with Crippen LogP contribution in [-0.2, 0) is 23.7 Å². The molecule has 0 aromatic rings. The van der Waals surface area contributed by atoms with Crippen LogP contribution in [0, 0.1) is 0 Å². The van der Waals surface area contributed by atoms with Crippen LogP contribution in [0.3, 0.4) is 0 Å². The fourth-order valence-corrected chi connectivity index (χ4v) is 6.56. The molecule has 0 saturated carbocycles. The molecule has 5 aliphatic heterocycles. The molecular weight excluding hydrogens is 360 g/mol. The van der Waals surface area contributed by atoms with Gasteiger partial charge in [-0.2, -0.15) is 0 Å². The Morgan fingerprint density at radius 3 is 1.46 bits per heavy atom. The number of ether oxygens (including phenoxy) is 5. The molecule has 0 spiro atoms. The number of aliphatic hydroxyl groups is 1. The molecule has 5 atom stereocenters. The van der Waals surface area contributed by atoms with E-state index < -0.39 is 22.6 Å². The van der Waals surface area contributed by atoms with Crippen molar-refractivity contribution in [3.63, 3.8) is 0 Å². The van der Waals surface area contributed by atoms with Crippen LogP contribution in [0.2, 0.25) is 0 Å². The summed E-state index contributed by atoms with van der Waals surface area (Å²) in [5.74, 6) is -1.26. The van der Waals surface area contributed by atoms with Crippen molar-refractivity contribution in [2.45, 2.75) is 106 Å². The van der Waals surface area contributed by atoms with Crippen LogP contribution in [0.25, 0.3) is 0 Å². The Balaban J connectivity index is 1.43. The predicted octanol–water partition coefficient (Wildman–Crippen LogP) is 3.09. The Bertz CT molecular complexity index is 570. The van der Waals surface area contributed by atoms with E-state index in [9.17, 15) is 5.11 Å². The van der Waals surface area contributed by atoms with Crippen molar-refractivity contribution in [1.29, 1.82) is 0 Å². The molecule has 6 heteroatoms. The van der Waals surface area contributed by atoms with Crippen LogP contribution in [0.4, 0.5) is 0 Å². The van der Waals surface area contributed by atoms with Gasteiger partial charge >= 0.3 is 0 Å². The SMILES string of the molecule is CCCCCCCC1(C2(C3(C4(C5(O)CCO5)CCO4)CCO3)CCO2)CCO1. The largest absolute Gasteiger partial charge is 0.372 e. The summed E-state index contributed by atoms with van der Waals surface area (Å²) in [6.07, 6.45) is 11.3. The van der Waals surface area contributed by atoms with Crippen LogP contribution >= 0.6 is 0 Å². The molecule has 0 bridgehead atoms. The molecule has 5 saturated heterocycles. The van der Waals surface area contributed by atoms with Gasteiger partial charge in [0, 0.05) is 32.1 Å². The third-order valence-corrected chi connectivity index (χ3v) is 8.43. The summed E-state index contributed by atoms with van der Waals surface area (Å²) in [7, 11) is 0. The monoisotopic (exact) mass is 396 g/mol. The second kappa shape index (κ2) is 6.89. The first kappa shape index (κ1) is 19.7. The van der Waals surface area contributed by atoms with E-state index >= 15 is 0 Å². The third-order valence-electron chi connectivity index (χ3n) is 8.43. The molecule has 0 aliphatic carbocycles. The molecule has 28 heavy (non-hydrogen) atoms. The molecule has 5 aliphatic rings. The molecule has 6 nitrogen and oxygen atoms in total. The van der Waals surface area contributed by atoms with Gasteiger partial charge in [0.25, 0.3) is 0 Å². The molecule has 0 aromatic carbocycles. The van der Waals surface area contributed by atoms with Gasteiger partial charge in [-0.25, -0.2) is 0 Å². The van der Waals surface area contributed by atoms with Crippen LogP contribution < -0.4 is 0 Å². The summed E-state index contributed by atoms with van der Waals surface area (Å²) < 4.78 is 31.1. The lowest BCUT2D eigenvalue weighted by Gasteiger charge is -2.75. The standard InChI is InChI=1S/C22H36O6/c1-2-3-4-5-6-7-18(8-13-24-18)19(9-14-25-19)20(10-15-26-20)21(11-16-27-21)22(23)12-17-28-22/h23H,2-17H2,1H3. The molecular formula is C22H36O6. The zero-order chi connectivity index (χ0) is 19.3. The van der Waals surface area contributed by atoms with E-state index in [1.54, 1.807) is 0 Å². The van der Waals surface area contributed by atoms with Gasteiger partial charge in [0.2, 0.25) is 0 Å². The summed E-state index contributed by atoms with van der Waals surface area (Å²) in [6.45, 7) is 5.64. The maximum absolute atomic E-state index is 11.3. The summed E-state index contributed by atoms with van der Waals surface area (Å²) >= 11 is 0. The van der Waals surface area contributed by atoms with Crippen molar-refractivity contribution in [2.75, 3.05) is 33.0 Å². The molecule has 5 rings (SSSR count). The smallest absolute Gasteiger partial charge is 0.200 e. The topological polar surface area (TPSA) is 66.4 Å². The Hall–Kier alpha value is -0.240. The van der Waals surface area contributed by atoms with E-state index in [2.05, 4.69) is 6.92 Å². The molecule has 5 fully saturated rings. The van der Waals surface area contributed by atoms with Gasteiger partial charge in [-0.1, -0.05) is 39.0 Å². The van der Waals surface area contributed by atoms with Crippen molar-refractivity contribution in [2.24, 2.45) is 0 Å². The van der Waals surface area contributed by atoms with Gasteiger partial charge in [-0.05, 0) is 6.42 Å². The number of hydrogen-bond donors (Lipinski definition) is 1. The van der Waals surface area contributed by atoms with Crippen molar-refractivity contribution in [3.05, 3.63) is 0 Å². The lowest BCUT2D eigenvalue weighted by Crippen LogP contribution is -2.91. The van der Waals surface area contributed by atoms with Crippen molar-refractivity contribution in [1.82, 2.24) is 0 Å². The Kier molecular flexibility index (Phi) is 4.85. The normalized spacial score (nSPS) is 49.9. The average Bonchev–Trinajstić information content (AvgIpc) is 2.51. The maximum atomic E-state index is 11.3. The molecule has 1 N–H and O–H groups in total. The third kappa shape index (κ3) is 2.25. The minimum absolute atomic E-state index is 0.316. The minimum Gasteiger partial charge on any atom is -0.372 e. The molecule has 0 amide bonds. The molecule has 5 unspecified atom stereocenters. The first-order valence-electron chi connectivity index (χ1n) is 11.5. The number of rotatable bonds is 10. The van der Waals surface area contributed by atoms with Crippen molar-refractivity contribution >= 4 is 0 Å². The second-order valence-electron chi connectivity index (χ2n) is 9.42. The Labute approximate surface area is 168 Å². The van der Waals surface area contributed by atoms with Crippen molar-refractivity contribution in [3.8, 4) is 0 Å². The molecule has 0 radical (unpaired) electrons. The van der Waals surface area contributed by atoms with E-state index in [0.29, 0.717) is 26.2 Å². The molecule has 5 heterocycles. The van der Waals surface area contributed by atoms with E-state index in [-0.39, 0.29) is 5.60 Å². The summed E-state index contributed by atoms with van der Waals surface area (Å²) in [5.41, 5.74) is -2.35. The highest BCUT2D eigenvalue weighted by Gasteiger charge is 2.84. The highest BCUT2D eigenvalue weighted by Crippen LogP contribution is 2.67. The van der Waals surface area contributed by atoms with Crippen LogP contribution in [-0.4, -0.2) is 66.3 Å². The molecule has 160 valence electrons. The van der Waals surface area contributed by atoms with Gasteiger partial charge in [0.1, 0.15) is 16.8 Å². The zero-order valence-corrected chi connectivity index (χ0v) is 17.3. The quantitative estimate of drug-likeness (QED) is 0.573. The fraction of sp³-hybridized carbons (Fsp3) is 1.00. The summed E-state index contributed by atoms with van der Waals surface area (Å²) in [4.78, 5) is 0. The van der Waals surface area contributed by atoms with Gasteiger partial charge < -0.3 is 28.8 Å². The zero-order valence-electron chi connectivity index (χ0n) is 17.3. The van der Waals surface area contributed by atoms with Crippen LogP contribution in [0.15, 0.2) is 0 Å². The predicted molar refractivity (Wildman–Crippen MR) is 102 cm³/mol. The van der Waals surface area contributed by atoms with Crippen LogP contribution in [0.1, 0.15) is 77.6 Å². The number of unbranched alkanes of at least 4 members (excludes halogenated alkanes) is 4. The lowest BCUT2D eigenvalue weighted by molar-refractivity contribution is -0.501. The van der Waals surface area contributed by atoms with E-state index in [0.717, 1.165) is 51.7 Å². The maximum Gasteiger partial charge on any atom is 0.200 e. The van der Waals surface area contributed by atoms with E-state index in [1.807, 2.05) is 0 Å². The fourth-order valence-electron chi connectivity index (χ4n) is 6.56. The first-order chi connectivity index (χ1) is 13.6. The van der Waals surface area contributed by atoms with Crippen molar-refractivity contribution < 1.29 is 28.8 Å². The highest BCUT2D eigenvalue weighted by atomic mass is 16.7. The van der Waals surface area contributed by atoms with Gasteiger partial charge in [-0.15, -0.1) is 0 Å². The second-order valence-corrected chi connectivity index (χ2v) is 9.42. The van der Waals surface area contributed by atoms with E-state index in [1.165, 1.54) is 25.7 Å². The summed E-state index contributed by atoms with van der Waals surface area (Å²) in [6, 6.07) is 0. The van der Waals surface area contributed by atoms with Gasteiger partial charge in [0.05, 0.1) is 33.0 Å². The lowest BCUT2D eigenvalue weighted by atomic mass is 9.50. The first-order valence-corrected chi connectivity index (χ1v) is 11.5. The Morgan fingerprint density at radius 1 is 0.607 bits per heavy atom. The average molecular weight is 397 g/mol. The van der Waals surface area contributed by atoms with Gasteiger partial charge in [-0.3, -0.25) is 0 Å². The minimum atomic E-state index is -1.26. The molecule has 0 aromatic heterocycles. The highest BCUT2D eigenvalue weighted by molar-refractivity contribution is 5.32. The Morgan fingerprint density at radius 2 is 1.11 bits per heavy atom. The van der Waals surface area contributed by atoms with Crippen LogP contribution in [0.5, 0.6) is 0 Å². The number of hydrogen-bond acceptors (Lipinski definition) is 6. The van der Waals surface area contributed by atoms with E-state index in [4.69, 9.17) is 23.7 Å². The summed E-state index contributed by atoms with van der Waals surface area (Å²) in [5, 5.41) is 11.3. The van der Waals surface area contributed by atoms with Gasteiger partial charge in [0.15, 0.2) is 11.4 Å².